The lowest BCUT2D eigenvalue weighted by Gasteiger charge is -2.29. The van der Waals surface area contributed by atoms with Crippen molar-refractivity contribution in [1.82, 2.24) is 10.3 Å². The van der Waals surface area contributed by atoms with Gasteiger partial charge in [-0.2, -0.15) is 0 Å². The van der Waals surface area contributed by atoms with E-state index in [4.69, 9.17) is 4.98 Å². The minimum atomic E-state index is 0.207. The van der Waals surface area contributed by atoms with Crippen molar-refractivity contribution in [2.45, 2.75) is 39.3 Å². The number of amides is 1. The van der Waals surface area contributed by atoms with Crippen LogP contribution in [0.25, 0.3) is 10.2 Å². The van der Waals surface area contributed by atoms with Gasteiger partial charge in [-0.25, -0.2) is 4.98 Å². The van der Waals surface area contributed by atoms with Crippen molar-refractivity contribution in [3.63, 3.8) is 0 Å². The number of carbonyl (C=O) groups excluding carboxylic acids is 1. The molecule has 0 spiro atoms. The van der Waals surface area contributed by atoms with Gasteiger partial charge >= 0.3 is 0 Å². The largest absolute Gasteiger partial charge is 0.349 e. The van der Waals surface area contributed by atoms with Crippen molar-refractivity contribution in [1.29, 1.82) is 0 Å². The van der Waals surface area contributed by atoms with Gasteiger partial charge in [0.15, 0.2) is 6.54 Å². The molecule has 0 radical (unpaired) electrons. The van der Waals surface area contributed by atoms with E-state index < -0.39 is 0 Å². The molecule has 1 saturated heterocycles. The molecule has 25 heavy (non-hydrogen) atoms. The lowest BCUT2D eigenvalue weighted by molar-refractivity contribution is -1.02. The van der Waals surface area contributed by atoms with Crippen LogP contribution in [0.2, 0.25) is 0 Å². The third-order valence-corrected chi connectivity index (χ3v) is 6.20. The first-order chi connectivity index (χ1) is 12.2. The first kappa shape index (κ1) is 18.3. The molecule has 1 amide bonds. The Hall–Kier alpha value is -1.50. The molecule has 1 aromatic heterocycles. The van der Waals surface area contributed by atoms with Gasteiger partial charge in [-0.3, -0.25) is 4.79 Å². The molecule has 3 N–H and O–H groups in total. The van der Waals surface area contributed by atoms with Crippen LogP contribution < -0.4 is 15.1 Å². The summed E-state index contributed by atoms with van der Waals surface area (Å²) in [4.78, 5) is 19.9. The second-order valence-electron chi connectivity index (χ2n) is 7.01. The SMILES string of the molecule is CCC(CC)NC(=O)C[NH+]1CC[NH+](Cc2nc3ccccc3s2)CC1. The van der Waals surface area contributed by atoms with E-state index >= 15 is 0 Å². The summed E-state index contributed by atoms with van der Waals surface area (Å²) >= 11 is 1.81. The van der Waals surface area contributed by atoms with Crippen LogP contribution in [0.5, 0.6) is 0 Å². The number of hydrogen-bond acceptors (Lipinski definition) is 3. The normalized spacial score (nSPS) is 20.9. The molecule has 2 aromatic rings. The predicted octanol–water partition coefficient (Wildman–Crippen LogP) is -0.115. The maximum absolute atomic E-state index is 12.2. The Morgan fingerprint density at radius 1 is 1.16 bits per heavy atom. The average Bonchev–Trinajstić information content (AvgIpc) is 3.03. The number of para-hydroxylation sites is 1. The van der Waals surface area contributed by atoms with Gasteiger partial charge in [0.05, 0.1) is 10.2 Å². The van der Waals surface area contributed by atoms with Crippen molar-refractivity contribution in [3.05, 3.63) is 29.3 Å². The standard InChI is InChI=1S/C19H28N4OS/c1-3-15(4-2)20-18(24)13-22-9-11-23(12-10-22)14-19-21-16-7-5-6-8-17(16)25-19/h5-8,15H,3-4,9-14H2,1-2H3,(H,20,24)/p+2. The molecule has 1 aliphatic heterocycles. The molecule has 5 nitrogen and oxygen atoms in total. The van der Waals surface area contributed by atoms with E-state index in [1.807, 2.05) is 17.4 Å². The Morgan fingerprint density at radius 3 is 2.52 bits per heavy atom. The number of hydrogen-bond donors (Lipinski definition) is 3. The van der Waals surface area contributed by atoms with E-state index in [9.17, 15) is 4.79 Å². The molecule has 0 atom stereocenters. The summed E-state index contributed by atoms with van der Waals surface area (Å²) in [5.74, 6) is 0.207. The number of benzene rings is 1. The summed E-state index contributed by atoms with van der Waals surface area (Å²) in [7, 11) is 0. The molecule has 0 saturated carbocycles. The van der Waals surface area contributed by atoms with Crippen LogP contribution in [0.15, 0.2) is 24.3 Å². The van der Waals surface area contributed by atoms with Crippen molar-refractivity contribution in [2.75, 3.05) is 32.7 Å². The number of thiazole rings is 1. The predicted molar refractivity (Wildman–Crippen MR) is 102 cm³/mol. The monoisotopic (exact) mass is 362 g/mol. The summed E-state index contributed by atoms with van der Waals surface area (Å²) in [6.07, 6.45) is 2.02. The lowest BCUT2D eigenvalue weighted by Crippen LogP contribution is -3.28. The van der Waals surface area contributed by atoms with E-state index in [2.05, 4.69) is 37.4 Å². The highest BCUT2D eigenvalue weighted by atomic mass is 32.1. The highest BCUT2D eigenvalue weighted by Crippen LogP contribution is 2.20. The molecule has 3 rings (SSSR count). The summed E-state index contributed by atoms with van der Waals surface area (Å²) in [6.45, 7) is 10.2. The van der Waals surface area contributed by atoms with E-state index in [0.717, 1.165) is 51.1 Å². The molecule has 0 aliphatic carbocycles. The van der Waals surface area contributed by atoms with Gasteiger partial charge in [-0.15, -0.1) is 11.3 Å². The molecule has 136 valence electrons. The number of nitrogens with zero attached hydrogens (tertiary/aromatic N) is 1. The van der Waals surface area contributed by atoms with Crippen LogP contribution in [0.3, 0.4) is 0 Å². The van der Waals surface area contributed by atoms with E-state index in [1.54, 1.807) is 4.90 Å². The average molecular weight is 363 g/mol. The highest BCUT2D eigenvalue weighted by Gasteiger charge is 2.26. The zero-order valence-corrected chi connectivity index (χ0v) is 16.1. The number of nitrogens with one attached hydrogen (secondary N) is 3. The van der Waals surface area contributed by atoms with E-state index in [1.165, 1.54) is 14.6 Å². The summed E-state index contributed by atoms with van der Waals surface area (Å²) in [6, 6.07) is 8.69. The Labute approximate surface area is 154 Å². The second kappa shape index (κ2) is 8.74. The number of aromatic nitrogens is 1. The van der Waals surface area contributed by atoms with Gasteiger partial charge in [-0.05, 0) is 25.0 Å². The maximum atomic E-state index is 12.2. The van der Waals surface area contributed by atoms with Crippen LogP contribution >= 0.6 is 11.3 Å². The fourth-order valence-corrected chi connectivity index (χ4v) is 4.56. The van der Waals surface area contributed by atoms with Crippen LogP contribution in [0.4, 0.5) is 0 Å². The number of quaternary nitrogens is 2. The molecule has 1 fully saturated rings. The summed E-state index contributed by atoms with van der Waals surface area (Å²) < 4.78 is 1.28. The van der Waals surface area contributed by atoms with Gasteiger partial charge < -0.3 is 15.1 Å². The van der Waals surface area contributed by atoms with Crippen molar-refractivity contribution >= 4 is 27.5 Å². The quantitative estimate of drug-likeness (QED) is 0.644. The Balaban J connectivity index is 1.44. The number of carbonyl (C=O) groups is 1. The van der Waals surface area contributed by atoms with E-state index in [0.29, 0.717) is 12.6 Å². The van der Waals surface area contributed by atoms with Gasteiger partial charge in [0.2, 0.25) is 0 Å². The molecule has 6 heteroatoms. The minimum absolute atomic E-state index is 0.207. The fourth-order valence-electron chi connectivity index (χ4n) is 3.52. The zero-order valence-electron chi connectivity index (χ0n) is 15.3. The number of piperazine rings is 1. The molecule has 0 bridgehead atoms. The van der Waals surface area contributed by atoms with Crippen molar-refractivity contribution < 1.29 is 14.6 Å². The lowest BCUT2D eigenvalue weighted by atomic mass is 10.2. The first-order valence-electron chi connectivity index (χ1n) is 9.48. The molecular formula is C19H30N4OS+2. The van der Waals surface area contributed by atoms with Crippen molar-refractivity contribution in [2.24, 2.45) is 0 Å². The van der Waals surface area contributed by atoms with Crippen LogP contribution in [0, 0.1) is 0 Å². The number of rotatable bonds is 7. The Morgan fingerprint density at radius 2 is 1.84 bits per heavy atom. The van der Waals surface area contributed by atoms with Crippen LogP contribution in [0.1, 0.15) is 31.7 Å². The molecule has 0 unspecified atom stereocenters. The fraction of sp³-hybridized carbons (Fsp3) is 0.579. The van der Waals surface area contributed by atoms with Crippen LogP contribution in [-0.4, -0.2) is 49.7 Å². The number of fused-ring (bicyclic) bond motifs is 1. The molecule has 1 aliphatic rings. The Bertz CT molecular complexity index is 657. The summed E-state index contributed by atoms with van der Waals surface area (Å²) in [5, 5.41) is 4.38. The summed E-state index contributed by atoms with van der Waals surface area (Å²) in [5.41, 5.74) is 1.12. The highest BCUT2D eigenvalue weighted by molar-refractivity contribution is 7.18. The van der Waals surface area contributed by atoms with Crippen LogP contribution in [-0.2, 0) is 11.3 Å². The van der Waals surface area contributed by atoms with Crippen molar-refractivity contribution in [3.8, 4) is 0 Å². The third kappa shape index (κ3) is 5.00. The topological polar surface area (TPSA) is 50.9 Å². The van der Waals surface area contributed by atoms with Gasteiger partial charge in [0.1, 0.15) is 37.7 Å². The maximum Gasteiger partial charge on any atom is 0.275 e. The van der Waals surface area contributed by atoms with Gasteiger partial charge in [-0.1, -0.05) is 26.0 Å². The first-order valence-corrected chi connectivity index (χ1v) is 10.3. The molecule has 1 aromatic carbocycles. The van der Waals surface area contributed by atoms with Gasteiger partial charge in [0, 0.05) is 6.04 Å². The molecule has 2 heterocycles. The van der Waals surface area contributed by atoms with E-state index in [-0.39, 0.29) is 5.91 Å². The smallest absolute Gasteiger partial charge is 0.275 e. The zero-order chi connectivity index (χ0) is 17.6. The third-order valence-electron chi connectivity index (χ3n) is 5.16. The minimum Gasteiger partial charge on any atom is -0.349 e. The molecular weight excluding hydrogens is 332 g/mol. The second-order valence-corrected chi connectivity index (χ2v) is 8.13. The Kier molecular flexibility index (Phi) is 6.39. The van der Waals surface area contributed by atoms with Gasteiger partial charge in [0.25, 0.3) is 5.91 Å².